The van der Waals surface area contributed by atoms with Gasteiger partial charge in [0.2, 0.25) is 5.91 Å². The number of nitrogens with two attached hydrogens (primary N) is 1. The summed E-state index contributed by atoms with van der Waals surface area (Å²) in [4.78, 5) is 12.3. The van der Waals surface area contributed by atoms with E-state index in [0.29, 0.717) is 17.7 Å². The average molecular weight is 484 g/mol. The second-order valence-corrected chi connectivity index (χ2v) is 9.11. The molecule has 0 bridgehead atoms. The van der Waals surface area contributed by atoms with Crippen LogP contribution in [0.5, 0.6) is 5.75 Å². The van der Waals surface area contributed by atoms with E-state index in [1.165, 1.54) is 25.3 Å². The normalized spacial score (nSPS) is 21.2. The molecule has 0 radical (unpaired) electrons. The molecule has 2 aliphatic heterocycles. The Morgan fingerprint density at radius 3 is 2.59 bits per heavy atom. The van der Waals surface area contributed by atoms with Crippen molar-refractivity contribution < 1.29 is 18.3 Å². The Kier molecular flexibility index (Phi) is 5.70. The number of hydrogen-bond acceptors (Lipinski definition) is 4. The van der Waals surface area contributed by atoms with Crippen molar-refractivity contribution in [3.05, 3.63) is 81.9 Å². The van der Waals surface area contributed by atoms with Crippen molar-refractivity contribution in [2.45, 2.75) is 30.8 Å². The molecule has 5 nitrogen and oxygen atoms in total. The summed E-state index contributed by atoms with van der Waals surface area (Å²) in [7, 11) is 1.32. The van der Waals surface area contributed by atoms with Crippen LogP contribution in [0.2, 0.25) is 5.02 Å². The highest BCUT2D eigenvalue weighted by Gasteiger charge is 2.47. The zero-order valence-electron chi connectivity index (χ0n) is 18.6. The Bertz CT molecular complexity index is 1280. The van der Waals surface area contributed by atoms with Crippen LogP contribution >= 0.6 is 11.6 Å². The third-order valence-electron chi connectivity index (χ3n) is 6.93. The average Bonchev–Trinajstić information content (AvgIpc) is 3.50. The lowest BCUT2D eigenvalue weighted by Gasteiger charge is -2.37. The number of carbonyl (C=O) groups is 1. The third-order valence-corrected chi connectivity index (χ3v) is 7.30. The highest BCUT2D eigenvalue weighted by molar-refractivity contribution is 6.34. The van der Waals surface area contributed by atoms with Crippen molar-refractivity contribution in [2.24, 2.45) is 5.73 Å². The molecule has 8 heteroatoms. The van der Waals surface area contributed by atoms with Crippen LogP contribution in [-0.4, -0.2) is 25.6 Å². The minimum Gasteiger partial charge on any atom is -0.494 e. The topological polar surface area (TPSA) is 76.4 Å². The molecule has 4 N–H and O–H groups in total. The molecule has 2 atom stereocenters. The second-order valence-electron chi connectivity index (χ2n) is 8.73. The molecule has 2 heterocycles. The minimum absolute atomic E-state index is 0.0581. The first-order valence-corrected chi connectivity index (χ1v) is 11.5. The SMILES string of the molecule is COc1ccc(C(N)=O)c(-c2c(Cl)c(F)cc3c2C[C@](c2ccccc2)(C2CCCN2)N3)c1F. The molecular weight excluding hydrogens is 460 g/mol. The van der Waals surface area contributed by atoms with Crippen molar-refractivity contribution in [1.29, 1.82) is 0 Å². The van der Waals surface area contributed by atoms with Crippen molar-refractivity contribution in [2.75, 3.05) is 19.0 Å². The number of hydrogen-bond donors (Lipinski definition) is 3. The first-order chi connectivity index (χ1) is 16.4. The van der Waals surface area contributed by atoms with Crippen molar-refractivity contribution in [3.63, 3.8) is 0 Å². The lowest BCUT2D eigenvalue weighted by Crippen LogP contribution is -2.50. The van der Waals surface area contributed by atoms with Gasteiger partial charge in [-0.25, -0.2) is 8.78 Å². The van der Waals surface area contributed by atoms with Crippen LogP contribution in [0, 0.1) is 11.6 Å². The summed E-state index contributed by atoms with van der Waals surface area (Å²) < 4.78 is 35.9. The number of primary amides is 1. The van der Waals surface area contributed by atoms with Crippen molar-refractivity contribution in [1.82, 2.24) is 5.32 Å². The van der Waals surface area contributed by atoms with Gasteiger partial charge in [-0.1, -0.05) is 41.9 Å². The van der Waals surface area contributed by atoms with E-state index in [1.807, 2.05) is 30.3 Å². The van der Waals surface area contributed by atoms with Crippen LogP contribution in [0.25, 0.3) is 11.1 Å². The van der Waals surface area contributed by atoms with E-state index in [-0.39, 0.29) is 33.5 Å². The van der Waals surface area contributed by atoms with Crippen LogP contribution < -0.4 is 21.1 Å². The Labute approximate surface area is 201 Å². The van der Waals surface area contributed by atoms with Crippen molar-refractivity contribution in [3.8, 4) is 16.9 Å². The molecule has 1 saturated heterocycles. The molecule has 1 fully saturated rings. The molecule has 0 aromatic heterocycles. The number of fused-ring (bicyclic) bond motifs is 1. The zero-order valence-corrected chi connectivity index (χ0v) is 19.3. The number of carbonyl (C=O) groups excluding carboxylic acids is 1. The molecule has 1 amide bonds. The summed E-state index contributed by atoms with van der Waals surface area (Å²) in [5.41, 5.74) is 7.00. The predicted octanol–water partition coefficient (Wildman–Crippen LogP) is 5.01. The molecule has 3 aromatic carbocycles. The molecule has 176 valence electrons. The van der Waals surface area contributed by atoms with Gasteiger partial charge in [0.15, 0.2) is 11.6 Å². The fraction of sp³-hybridized carbons (Fsp3) is 0.269. The highest BCUT2D eigenvalue weighted by atomic mass is 35.5. The number of halogens is 3. The van der Waals surface area contributed by atoms with Crippen LogP contribution in [0.15, 0.2) is 48.5 Å². The van der Waals surface area contributed by atoms with Gasteiger partial charge in [0, 0.05) is 29.3 Å². The molecular formula is C26H24ClF2N3O2. The molecule has 0 saturated carbocycles. The molecule has 2 aliphatic rings. The van der Waals surface area contributed by atoms with E-state index in [1.54, 1.807) is 0 Å². The molecule has 34 heavy (non-hydrogen) atoms. The van der Waals surface area contributed by atoms with E-state index in [0.717, 1.165) is 24.9 Å². The summed E-state index contributed by atoms with van der Waals surface area (Å²) in [6.45, 7) is 0.871. The number of benzene rings is 3. The Morgan fingerprint density at radius 1 is 1.18 bits per heavy atom. The van der Waals surface area contributed by atoms with E-state index in [2.05, 4.69) is 10.6 Å². The van der Waals surface area contributed by atoms with Crippen LogP contribution in [0.3, 0.4) is 0 Å². The monoisotopic (exact) mass is 483 g/mol. The van der Waals surface area contributed by atoms with Gasteiger partial charge in [0.25, 0.3) is 0 Å². The Balaban J connectivity index is 1.77. The molecule has 5 rings (SSSR count). The maximum atomic E-state index is 15.6. The van der Waals surface area contributed by atoms with Gasteiger partial charge < -0.3 is 21.1 Å². The number of anilines is 1. The third kappa shape index (κ3) is 3.42. The fourth-order valence-corrected chi connectivity index (χ4v) is 5.64. The van der Waals surface area contributed by atoms with Gasteiger partial charge in [0.05, 0.1) is 23.2 Å². The summed E-state index contributed by atoms with van der Waals surface area (Å²) in [5.74, 6) is -2.47. The molecule has 1 unspecified atom stereocenters. The molecule has 3 aromatic rings. The van der Waals surface area contributed by atoms with Gasteiger partial charge in [0.1, 0.15) is 5.82 Å². The first-order valence-electron chi connectivity index (χ1n) is 11.1. The Hall–Kier alpha value is -3.16. The quantitative estimate of drug-likeness (QED) is 0.477. The number of rotatable bonds is 5. The Morgan fingerprint density at radius 2 is 1.94 bits per heavy atom. The number of methoxy groups -OCH3 is 1. The second kappa shape index (κ2) is 8.56. The lowest BCUT2D eigenvalue weighted by molar-refractivity contribution is 0.100. The first kappa shape index (κ1) is 22.6. The number of amides is 1. The number of ether oxygens (including phenoxy) is 1. The fourth-order valence-electron chi connectivity index (χ4n) is 5.37. The zero-order chi connectivity index (χ0) is 24.0. The minimum atomic E-state index is -0.844. The lowest BCUT2D eigenvalue weighted by atomic mass is 9.78. The van der Waals surface area contributed by atoms with Crippen LogP contribution in [-0.2, 0) is 12.0 Å². The van der Waals surface area contributed by atoms with Crippen LogP contribution in [0.1, 0.15) is 34.3 Å². The van der Waals surface area contributed by atoms with E-state index >= 15 is 8.78 Å². The standard InChI is InChI=1S/C26H24ClF2N3O2/c1-34-19-10-9-15(25(30)33)22(24(19)29)21-16-13-26(20-8-5-11-31-20,14-6-3-2-4-7-14)32-18(16)12-17(28)23(21)27/h2-4,6-7,9-10,12,20,31-32H,5,8,11,13H2,1H3,(H2,30,33)/t20?,26-/m0/s1. The van der Waals surface area contributed by atoms with Crippen LogP contribution in [0.4, 0.5) is 14.5 Å². The summed E-state index contributed by atoms with van der Waals surface area (Å²) in [6.07, 6.45) is 2.34. The van der Waals surface area contributed by atoms with Gasteiger partial charge in [-0.05, 0) is 48.7 Å². The van der Waals surface area contributed by atoms with Gasteiger partial charge in [-0.2, -0.15) is 0 Å². The van der Waals surface area contributed by atoms with Gasteiger partial charge in [-0.3, -0.25) is 4.79 Å². The maximum absolute atomic E-state index is 15.6. The molecule has 0 aliphatic carbocycles. The van der Waals surface area contributed by atoms with Crippen molar-refractivity contribution >= 4 is 23.2 Å². The summed E-state index contributed by atoms with van der Waals surface area (Å²) >= 11 is 6.48. The summed E-state index contributed by atoms with van der Waals surface area (Å²) in [5, 5.41) is 6.85. The van der Waals surface area contributed by atoms with E-state index in [4.69, 9.17) is 22.1 Å². The van der Waals surface area contributed by atoms with E-state index in [9.17, 15) is 4.79 Å². The van der Waals surface area contributed by atoms with Gasteiger partial charge in [-0.15, -0.1) is 0 Å². The molecule has 0 spiro atoms. The largest absolute Gasteiger partial charge is 0.494 e. The smallest absolute Gasteiger partial charge is 0.249 e. The number of nitrogens with one attached hydrogen (secondary N) is 2. The van der Waals surface area contributed by atoms with Gasteiger partial charge >= 0.3 is 0 Å². The predicted molar refractivity (Wildman–Crippen MR) is 128 cm³/mol. The van der Waals surface area contributed by atoms with E-state index < -0.39 is 23.1 Å². The summed E-state index contributed by atoms with van der Waals surface area (Å²) in [6, 6.07) is 14.0. The maximum Gasteiger partial charge on any atom is 0.249 e. The highest BCUT2D eigenvalue weighted by Crippen LogP contribution is 2.51.